The van der Waals surface area contributed by atoms with Gasteiger partial charge in [0.1, 0.15) is 6.33 Å². The number of sulfone groups is 1. The minimum Gasteiger partial charge on any atom is -0.395 e. The van der Waals surface area contributed by atoms with Crippen LogP contribution in [0.1, 0.15) is 86.6 Å². The van der Waals surface area contributed by atoms with Crippen LogP contribution in [0.4, 0.5) is 0 Å². The van der Waals surface area contributed by atoms with Gasteiger partial charge in [-0.2, -0.15) is 5.10 Å². The van der Waals surface area contributed by atoms with Crippen LogP contribution >= 0.6 is 0 Å². The van der Waals surface area contributed by atoms with E-state index in [4.69, 9.17) is 4.98 Å². The molecule has 2 aliphatic rings. The number of hydrogen-bond donors (Lipinski definition) is 2. The topological polar surface area (TPSA) is 116 Å². The Bertz CT molecular complexity index is 1690. The second kappa shape index (κ2) is 10.5. The molecule has 2 N–H and O–H groups in total. The Hall–Kier alpha value is -2.82. The van der Waals surface area contributed by atoms with E-state index in [-0.39, 0.29) is 12.5 Å². The van der Waals surface area contributed by atoms with Gasteiger partial charge in [0.2, 0.25) is 0 Å². The maximum Gasteiger partial charge on any atom is 0.158 e. The first kappa shape index (κ1) is 28.3. The summed E-state index contributed by atoms with van der Waals surface area (Å²) in [7, 11) is -3.10. The van der Waals surface area contributed by atoms with Crippen LogP contribution in [0.5, 0.6) is 0 Å². The molecule has 6 rings (SSSR count). The normalized spacial score (nSPS) is 21.0. The van der Waals surface area contributed by atoms with E-state index in [1.807, 2.05) is 4.52 Å². The molecule has 2 aliphatic carbocycles. The SMILES string of the molecule is Cc1c(-c2[nH]c3ccc(C4CCC(N(CCO)CC5(S(C)(=O)=O)CC5)CC4)nc3c2C(C)C)cn2ncnc2c1C. The third-order valence-electron chi connectivity index (χ3n) is 9.78. The number of hydrogen-bond acceptors (Lipinski definition) is 7. The molecule has 0 unspecified atom stereocenters. The third kappa shape index (κ3) is 4.97. The number of aromatic nitrogens is 5. The molecule has 0 amide bonds. The molecular weight excluding hydrogens is 536 g/mol. The average molecular weight is 579 g/mol. The highest BCUT2D eigenvalue weighted by molar-refractivity contribution is 7.92. The van der Waals surface area contributed by atoms with Crippen LogP contribution in [0.25, 0.3) is 27.9 Å². The lowest BCUT2D eigenvalue weighted by Crippen LogP contribution is -2.46. The van der Waals surface area contributed by atoms with Crippen molar-refractivity contribution in [1.82, 2.24) is 29.5 Å². The van der Waals surface area contributed by atoms with E-state index in [2.05, 4.69) is 66.0 Å². The van der Waals surface area contributed by atoms with Crippen molar-refractivity contribution in [2.45, 2.75) is 88.8 Å². The quantitative estimate of drug-likeness (QED) is 0.290. The van der Waals surface area contributed by atoms with Gasteiger partial charge in [0, 0.05) is 54.3 Å². The van der Waals surface area contributed by atoms with Gasteiger partial charge < -0.3 is 10.1 Å². The first-order valence-corrected chi connectivity index (χ1v) is 16.8. The molecular formula is C31H42N6O3S. The molecule has 0 atom stereocenters. The second-order valence-corrected chi connectivity index (χ2v) is 15.1. The summed E-state index contributed by atoms with van der Waals surface area (Å²) in [6.45, 7) is 9.80. The number of aromatic amines is 1. The molecule has 0 bridgehead atoms. The molecule has 41 heavy (non-hydrogen) atoms. The largest absolute Gasteiger partial charge is 0.395 e. The summed E-state index contributed by atoms with van der Waals surface area (Å²) in [6, 6.07) is 4.64. The van der Waals surface area contributed by atoms with Crippen LogP contribution in [0, 0.1) is 13.8 Å². The maximum atomic E-state index is 12.4. The van der Waals surface area contributed by atoms with Gasteiger partial charge in [0.25, 0.3) is 0 Å². The van der Waals surface area contributed by atoms with Crippen LogP contribution in [-0.4, -0.2) is 79.7 Å². The Morgan fingerprint density at radius 1 is 1.15 bits per heavy atom. The predicted octanol–water partition coefficient (Wildman–Crippen LogP) is 4.91. The second-order valence-electron chi connectivity index (χ2n) is 12.7. The van der Waals surface area contributed by atoms with Crippen molar-refractivity contribution in [1.29, 1.82) is 0 Å². The standard InChI is InChI=1S/C31H42N6O3S/c1-19(2)27-28(24-16-37-30(32-18-33-37)21(4)20(24)3)35-26-11-10-25(34-29(26)27)22-6-8-23(9-7-22)36(14-15-38)17-31(12-13-31)41(5,39)40/h10-11,16,18-19,22-23,35,38H,6-9,12-15,17H2,1-5H3. The zero-order valence-corrected chi connectivity index (χ0v) is 25.6. The van der Waals surface area contributed by atoms with Crippen molar-refractivity contribution in [3.05, 3.63) is 47.0 Å². The highest BCUT2D eigenvalue weighted by atomic mass is 32.2. The van der Waals surface area contributed by atoms with E-state index in [1.165, 1.54) is 17.4 Å². The summed E-state index contributed by atoms with van der Waals surface area (Å²) in [5.41, 5.74) is 9.85. The number of pyridine rings is 2. The van der Waals surface area contributed by atoms with Crippen LogP contribution in [0.2, 0.25) is 0 Å². The number of rotatable bonds is 9. The highest BCUT2D eigenvalue weighted by Gasteiger charge is 2.53. The Morgan fingerprint density at radius 3 is 2.51 bits per heavy atom. The number of aryl methyl sites for hydroxylation is 1. The summed E-state index contributed by atoms with van der Waals surface area (Å²) in [5.74, 6) is 0.644. The van der Waals surface area contributed by atoms with Crippen molar-refractivity contribution >= 4 is 26.5 Å². The molecule has 0 saturated heterocycles. The molecule has 4 aromatic heterocycles. The lowest BCUT2D eigenvalue weighted by atomic mass is 9.83. The molecule has 2 fully saturated rings. The maximum absolute atomic E-state index is 12.4. The first-order valence-electron chi connectivity index (χ1n) is 14.9. The van der Waals surface area contributed by atoms with E-state index in [1.54, 1.807) is 6.33 Å². The minimum absolute atomic E-state index is 0.0502. The van der Waals surface area contributed by atoms with Crippen LogP contribution in [0.3, 0.4) is 0 Å². The van der Waals surface area contributed by atoms with Crippen molar-refractivity contribution in [2.24, 2.45) is 0 Å². The van der Waals surface area contributed by atoms with E-state index >= 15 is 0 Å². The number of fused-ring (bicyclic) bond motifs is 2. The third-order valence-corrected chi connectivity index (χ3v) is 11.9. The van der Waals surface area contributed by atoms with Crippen molar-refractivity contribution < 1.29 is 13.5 Å². The van der Waals surface area contributed by atoms with Gasteiger partial charge >= 0.3 is 0 Å². The zero-order valence-electron chi connectivity index (χ0n) is 24.8. The van der Waals surface area contributed by atoms with E-state index < -0.39 is 14.6 Å². The summed E-state index contributed by atoms with van der Waals surface area (Å²) in [5, 5.41) is 14.1. The first-order chi connectivity index (χ1) is 19.5. The molecule has 2 saturated carbocycles. The molecule has 4 heterocycles. The van der Waals surface area contributed by atoms with Crippen LogP contribution in [0.15, 0.2) is 24.7 Å². The number of H-pyrrole nitrogens is 1. The monoisotopic (exact) mass is 578 g/mol. The van der Waals surface area contributed by atoms with Gasteiger partial charge in [0.15, 0.2) is 15.5 Å². The lowest BCUT2D eigenvalue weighted by molar-refractivity contribution is 0.117. The van der Waals surface area contributed by atoms with Gasteiger partial charge in [-0.05, 0) is 81.5 Å². The van der Waals surface area contributed by atoms with Gasteiger partial charge in [-0.3, -0.25) is 9.88 Å². The van der Waals surface area contributed by atoms with Gasteiger partial charge in [-0.1, -0.05) is 13.8 Å². The molecule has 220 valence electrons. The van der Waals surface area contributed by atoms with Crippen molar-refractivity contribution in [2.75, 3.05) is 26.0 Å². The van der Waals surface area contributed by atoms with Crippen LogP contribution < -0.4 is 0 Å². The molecule has 4 aromatic rings. The van der Waals surface area contributed by atoms with Gasteiger partial charge in [0.05, 0.1) is 28.1 Å². The van der Waals surface area contributed by atoms with Crippen molar-refractivity contribution in [3.8, 4) is 11.3 Å². The summed E-state index contributed by atoms with van der Waals surface area (Å²) >= 11 is 0. The Balaban J connectivity index is 1.27. The molecule has 0 spiro atoms. The number of nitrogens with zero attached hydrogens (tertiary/aromatic N) is 5. The van der Waals surface area contributed by atoms with E-state index in [0.717, 1.165) is 77.7 Å². The fraction of sp³-hybridized carbons (Fsp3) is 0.581. The zero-order chi connectivity index (χ0) is 29.1. The average Bonchev–Trinajstić information content (AvgIpc) is 3.42. The van der Waals surface area contributed by atoms with Crippen molar-refractivity contribution in [3.63, 3.8) is 0 Å². The fourth-order valence-electron chi connectivity index (χ4n) is 6.97. The number of aliphatic hydroxyl groups is 1. The van der Waals surface area contributed by atoms with Gasteiger partial charge in [-0.25, -0.2) is 17.9 Å². The number of aliphatic hydroxyl groups excluding tert-OH is 1. The van der Waals surface area contributed by atoms with Gasteiger partial charge in [-0.15, -0.1) is 0 Å². The number of nitrogens with one attached hydrogen (secondary N) is 1. The van der Waals surface area contributed by atoms with E-state index in [0.29, 0.717) is 25.0 Å². The molecule has 0 aliphatic heterocycles. The predicted molar refractivity (Wildman–Crippen MR) is 162 cm³/mol. The molecule has 10 heteroatoms. The summed E-state index contributed by atoms with van der Waals surface area (Å²) in [4.78, 5) is 15.6. The van der Waals surface area contributed by atoms with Crippen LogP contribution in [-0.2, 0) is 9.84 Å². The minimum atomic E-state index is -3.10. The fourth-order valence-corrected chi connectivity index (χ4v) is 8.21. The molecule has 9 nitrogen and oxygen atoms in total. The highest BCUT2D eigenvalue weighted by Crippen LogP contribution is 2.45. The lowest BCUT2D eigenvalue weighted by Gasteiger charge is -2.38. The van der Waals surface area contributed by atoms with E-state index in [9.17, 15) is 13.5 Å². The molecule has 0 radical (unpaired) electrons. The Kier molecular flexibility index (Phi) is 7.23. The summed E-state index contributed by atoms with van der Waals surface area (Å²) < 4.78 is 26.1. The summed E-state index contributed by atoms with van der Waals surface area (Å²) in [6.07, 6.45) is 10.5. The Morgan fingerprint density at radius 2 is 1.88 bits per heavy atom. The smallest absolute Gasteiger partial charge is 0.158 e. The molecule has 0 aromatic carbocycles. The Labute approximate surface area is 242 Å².